The molecule has 0 aromatic rings. The van der Waals surface area contributed by atoms with Crippen LogP contribution >= 0.6 is 0 Å². The van der Waals surface area contributed by atoms with Crippen LogP contribution in [-0.4, -0.2) is 16.5 Å². The van der Waals surface area contributed by atoms with E-state index in [0.717, 1.165) is 44.9 Å². The van der Waals surface area contributed by atoms with Crippen molar-refractivity contribution in [3.05, 3.63) is 22.8 Å². The first-order chi connectivity index (χ1) is 10.5. The van der Waals surface area contributed by atoms with Gasteiger partial charge in [0.1, 0.15) is 5.60 Å². The molecule has 2 saturated carbocycles. The Hall–Kier alpha value is -1.33. The van der Waals surface area contributed by atoms with E-state index in [1.165, 1.54) is 11.1 Å². The number of carbonyl (C=O) groups is 1. The van der Waals surface area contributed by atoms with Gasteiger partial charge in [-0.3, -0.25) is 4.79 Å². The second kappa shape index (κ2) is 4.59. The lowest BCUT2D eigenvalue weighted by atomic mass is 9.55. The molecule has 116 valence electrons. The van der Waals surface area contributed by atoms with Crippen LogP contribution in [0.25, 0.3) is 0 Å². The van der Waals surface area contributed by atoms with Crippen molar-refractivity contribution in [2.75, 3.05) is 0 Å². The van der Waals surface area contributed by atoms with Crippen molar-refractivity contribution in [2.24, 2.45) is 17.3 Å². The maximum atomic E-state index is 11.7. The summed E-state index contributed by atoms with van der Waals surface area (Å²) in [4.78, 5) is 11.7. The van der Waals surface area contributed by atoms with E-state index in [4.69, 9.17) is 6.42 Å². The SMILES string of the molecule is C#C[C@]1(O)CC[C@@H]2[C@H]3CCC4=CC(=O)CCC4=C3CC[C@@]21C. The Morgan fingerprint density at radius 2 is 2.05 bits per heavy atom. The van der Waals surface area contributed by atoms with E-state index in [0.29, 0.717) is 24.0 Å². The van der Waals surface area contributed by atoms with E-state index in [-0.39, 0.29) is 5.41 Å². The molecule has 0 aliphatic heterocycles. The number of ketones is 1. The predicted molar refractivity (Wildman–Crippen MR) is 85.9 cm³/mol. The summed E-state index contributed by atoms with van der Waals surface area (Å²) in [6.07, 6.45) is 15.1. The number of carbonyl (C=O) groups excluding carboxylic acids is 1. The molecule has 0 aromatic heterocycles. The van der Waals surface area contributed by atoms with Gasteiger partial charge in [0.05, 0.1) is 0 Å². The third-order valence-electron chi connectivity index (χ3n) is 7.12. The summed E-state index contributed by atoms with van der Waals surface area (Å²) in [6, 6.07) is 0. The lowest BCUT2D eigenvalue weighted by Gasteiger charge is -2.50. The average molecular weight is 296 g/mol. The van der Waals surface area contributed by atoms with Crippen molar-refractivity contribution in [1.82, 2.24) is 0 Å². The number of hydrogen-bond acceptors (Lipinski definition) is 2. The lowest BCUT2D eigenvalue weighted by molar-refractivity contribution is -0.114. The molecule has 0 heterocycles. The fourth-order valence-corrected chi connectivity index (χ4v) is 5.79. The minimum atomic E-state index is -0.924. The molecule has 22 heavy (non-hydrogen) atoms. The molecular formula is C20H24O2. The van der Waals surface area contributed by atoms with Crippen LogP contribution in [0.5, 0.6) is 0 Å². The first kappa shape index (κ1) is 14.3. The van der Waals surface area contributed by atoms with Gasteiger partial charge in [0.2, 0.25) is 0 Å². The molecule has 4 aliphatic carbocycles. The van der Waals surface area contributed by atoms with Crippen LogP contribution in [0.2, 0.25) is 0 Å². The maximum Gasteiger partial charge on any atom is 0.156 e. The zero-order chi connectivity index (χ0) is 15.5. The van der Waals surface area contributed by atoms with Gasteiger partial charge in [-0.05, 0) is 74.0 Å². The summed E-state index contributed by atoms with van der Waals surface area (Å²) in [5.41, 5.74) is 3.31. The summed E-state index contributed by atoms with van der Waals surface area (Å²) in [7, 11) is 0. The van der Waals surface area contributed by atoms with E-state index < -0.39 is 5.60 Å². The number of fused-ring (bicyclic) bond motifs is 4. The standard InChI is InChI=1S/C20H24O2/c1-3-20(22)11-9-18-17-6-4-13-12-14(21)5-7-15(13)16(17)8-10-19(18,20)2/h1,12,17-18,22H,4-11H2,2H3/t17-,18+,19-,20-/m0/s1. The molecule has 2 nitrogen and oxygen atoms in total. The first-order valence-corrected chi connectivity index (χ1v) is 8.64. The molecule has 0 saturated heterocycles. The molecular weight excluding hydrogens is 272 g/mol. The van der Waals surface area contributed by atoms with E-state index in [1.807, 2.05) is 6.08 Å². The molecule has 1 N–H and O–H groups in total. The second-order valence-corrected chi connectivity index (χ2v) is 7.85. The Morgan fingerprint density at radius 3 is 2.82 bits per heavy atom. The van der Waals surface area contributed by atoms with Crippen LogP contribution in [0.1, 0.15) is 58.3 Å². The molecule has 0 bridgehead atoms. The fraction of sp³-hybridized carbons (Fsp3) is 0.650. The van der Waals surface area contributed by atoms with E-state index in [2.05, 4.69) is 12.8 Å². The van der Waals surface area contributed by atoms with Crippen molar-refractivity contribution in [3.63, 3.8) is 0 Å². The summed E-state index contributed by atoms with van der Waals surface area (Å²) in [5, 5.41) is 10.9. The summed E-state index contributed by atoms with van der Waals surface area (Å²) >= 11 is 0. The van der Waals surface area contributed by atoms with E-state index >= 15 is 0 Å². The number of aliphatic hydroxyl groups is 1. The Labute approximate surface area is 132 Å². The Morgan fingerprint density at radius 1 is 1.23 bits per heavy atom. The van der Waals surface area contributed by atoms with Gasteiger partial charge in [-0.25, -0.2) is 0 Å². The predicted octanol–water partition coefficient (Wildman–Crippen LogP) is 3.56. The van der Waals surface area contributed by atoms with Crippen LogP contribution in [-0.2, 0) is 4.79 Å². The minimum absolute atomic E-state index is 0.137. The molecule has 4 aliphatic rings. The number of rotatable bonds is 0. The van der Waals surface area contributed by atoms with Gasteiger partial charge >= 0.3 is 0 Å². The van der Waals surface area contributed by atoms with Crippen LogP contribution in [0, 0.1) is 29.6 Å². The maximum absolute atomic E-state index is 11.7. The zero-order valence-electron chi connectivity index (χ0n) is 13.3. The van der Waals surface area contributed by atoms with Crippen molar-refractivity contribution in [1.29, 1.82) is 0 Å². The van der Waals surface area contributed by atoms with Gasteiger partial charge < -0.3 is 5.11 Å². The minimum Gasteiger partial charge on any atom is -0.377 e. The number of allylic oxidation sites excluding steroid dienone is 4. The monoisotopic (exact) mass is 296 g/mol. The lowest BCUT2D eigenvalue weighted by Crippen LogP contribution is -2.48. The molecule has 2 fully saturated rings. The highest BCUT2D eigenvalue weighted by molar-refractivity contribution is 5.93. The normalized spacial score (nSPS) is 43.9. The summed E-state index contributed by atoms with van der Waals surface area (Å²) < 4.78 is 0. The molecule has 0 spiro atoms. The zero-order valence-corrected chi connectivity index (χ0v) is 13.3. The molecule has 4 rings (SSSR count). The summed E-state index contributed by atoms with van der Waals surface area (Å²) in [5.74, 6) is 4.09. The largest absolute Gasteiger partial charge is 0.377 e. The highest BCUT2D eigenvalue weighted by Crippen LogP contribution is 2.63. The number of terminal acetylenes is 1. The third kappa shape index (κ3) is 1.69. The molecule has 2 heteroatoms. The van der Waals surface area contributed by atoms with Gasteiger partial charge in [-0.15, -0.1) is 6.42 Å². The first-order valence-electron chi connectivity index (χ1n) is 8.64. The van der Waals surface area contributed by atoms with Crippen molar-refractivity contribution in [2.45, 2.75) is 63.9 Å². The topological polar surface area (TPSA) is 37.3 Å². The van der Waals surface area contributed by atoms with Crippen LogP contribution < -0.4 is 0 Å². The van der Waals surface area contributed by atoms with Crippen LogP contribution in [0.4, 0.5) is 0 Å². The molecule has 0 amide bonds. The summed E-state index contributed by atoms with van der Waals surface area (Å²) in [6.45, 7) is 2.21. The van der Waals surface area contributed by atoms with Gasteiger partial charge in [-0.2, -0.15) is 0 Å². The molecule has 4 atom stereocenters. The third-order valence-corrected chi connectivity index (χ3v) is 7.12. The molecule has 0 radical (unpaired) electrons. The van der Waals surface area contributed by atoms with Crippen molar-refractivity contribution in [3.8, 4) is 12.3 Å². The fourth-order valence-electron chi connectivity index (χ4n) is 5.79. The quantitative estimate of drug-likeness (QED) is 0.694. The van der Waals surface area contributed by atoms with E-state index in [9.17, 15) is 9.90 Å². The Balaban J connectivity index is 1.75. The van der Waals surface area contributed by atoms with Crippen molar-refractivity contribution < 1.29 is 9.90 Å². The van der Waals surface area contributed by atoms with Gasteiger partial charge in [0.15, 0.2) is 5.78 Å². The molecule has 0 aromatic carbocycles. The number of hydrogen-bond donors (Lipinski definition) is 1. The van der Waals surface area contributed by atoms with E-state index in [1.54, 1.807) is 5.57 Å². The van der Waals surface area contributed by atoms with Gasteiger partial charge in [-0.1, -0.05) is 18.4 Å². The Bertz CT molecular complexity index is 647. The van der Waals surface area contributed by atoms with Crippen LogP contribution in [0.3, 0.4) is 0 Å². The van der Waals surface area contributed by atoms with Crippen LogP contribution in [0.15, 0.2) is 22.8 Å². The Kier molecular flexibility index (Phi) is 2.97. The smallest absolute Gasteiger partial charge is 0.156 e. The molecule has 0 unspecified atom stereocenters. The second-order valence-electron chi connectivity index (χ2n) is 7.85. The highest BCUT2D eigenvalue weighted by Gasteiger charge is 2.60. The van der Waals surface area contributed by atoms with Crippen molar-refractivity contribution >= 4 is 5.78 Å². The highest BCUT2D eigenvalue weighted by atomic mass is 16.3. The van der Waals surface area contributed by atoms with Gasteiger partial charge in [0.25, 0.3) is 0 Å². The van der Waals surface area contributed by atoms with Gasteiger partial charge in [0, 0.05) is 11.8 Å². The average Bonchev–Trinajstić information content (AvgIpc) is 2.79.